The number of anilines is 1. The molecule has 1 heterocycles. The van der Waals surface area contributed by atoms with E-state index in [1.165, 1.54) is 0 Å². The van der Waals surface area contributed by atoms with E-state index < -0.39 is 0 Å². The second-order valence-electron chi connectivity index (χ2n) is 5.23. The van der Waals surface area contributed by atoms with Crippen LogP contribution in [0.2, 0.25) is 0 Å². The maximum absolute atomic E-state index is 14.5. The van der Waals surface area contributed by atoms with E-state index >= 15 is 0 Å². The molecule has 1 saturated heterocycles. The Morgan fingerprint density at radius 2 is 2.16 bits per heavy atom. The molecule has 0 spiro atoms. The lowest BCUT2D eigenvalue weighted by Gasteiger charge is -2.31. The molecule has 0 saturated carbocycles. The Bertz CT molecular complexity index is 453. The van der Waals surface area contributed by atoms with Crippen molar-refractivity contribution in [3.8, 4) is 0 Å². The predicted octanol–water partition coefficient (Wildman–Crippen LogP) is 2.58. The molecule has 1 atom stereocenters. The summed E-state index contributed by atoms with van der Waals surface area (Å²) in [7, 11) is 2.11. The zero-order chi connectivity index (χ0) is 14.0. The van der Waals surface area contributed by atoms with Crippen LogP contribution in [0.25, 0.3) is 0 Å². The van der Waals surface area contributed by atoms with Crippen LogP contribution in [0.4, 0.5) is 10.1 Å². The highest BCUT2D eigenvalue weighted by Crippen LogP contribution is 2.31. The predicted molar refractivity (Wildman–Crippen MR) is 80.9 cm³/mol. The highest BCUT2D eigenvalue weighted by atomic mass is 79.9. The zero-order valence-electron chi connectivity index (χ0n) is 11.5. The minimum absolute atomic E-state index is 0.195. The van der Waals surface area contributed by atoms with E-state index in [0.29, 0.717) is 22.7 Å². The highest BCUT2D eigenvalue weighted by molar-refractivity contribution is 9.10. The molecule has 1 aromatic rings. The molecule has 1 aliphatic heterocycles. The maximum atomic E-state index is 14.5. The van der Waals surface area contributed by atoms with Crippen molar-refractivity contribution in [3.63, 3.8) is 0 Å². The maximum Gasteiger partial charge on any atom is 0.160 e. The fraction of sp³-hybridized carbons (Fsp3) is 0.571. The van der Waals surface area contributed by atoms with Gasteiger partial charge in [0.05, 0.1) is 10.2 Å². The zero-order valence-corrected chi connectivity index (χ0v) is 13.1. The van der Waals surface area contributed by atoms with Crippen LogP contribution in [0, 0.1) is 5.82 Å². The van der Waals surface area contributed by atoms with Gasteiger partial charge in [0, 0.05) is 25.7 Å². The Labute approximate surface area is 122 Å². The molecule has 1 fully saturated rings. The molecule has 1 aliphatic rings. The van der Waals surface area contributed by atoms with Crippen molar-refractivity contribution < 1.29 is 4.39 Å². The molecule has 3 nitrogen and oxygen atoms in total. The summed E-state index contributed by atoms with van der Waals surface area (Å²) < 4.78 is 15.0. The smallest absolute Gasteiger partial charge is 0.160 e. The SMILES string of the molecule is CC1CN(C)CCCN1c1ccc(CN)c(Br)c1F. The molecule has 2 N–H and O–H groups in total. The summed E-state index contributed by atoms with van der Waals surface area (Å²) >= 11 is 3.32. The first-order valence-electron chi connectivity index (χ1n) is 6.66. The van der Waals surface area contributed by atoms with Crippen LogP contribution in [0.3, 0.4) is 0 Å². The standard InChI is InChI=1S/C14H21BrFN3/c1-10-9-18(2)6-3-7-19(10)12-5-4-11(8-17)13(15)14(12)16/h4-5,10H,3,6-9,17H2,1-2H3. The van der Waals surface area contributed by atoms with Gasteiger partial charge in [0.1, 0.15) is 0 Å². The van der Waals surface area contributed by atoms with Crippen LogP contribution in [0.1, 0.15) is 18.9 Å². The first-order valence-corrected chi connectivity index (χ1v) is 7.46. The average molecular weight is 330 g/mol. The topological polar surface area (TPSA) is 32.5 Å². The van der Waals surface area contributed by atoms with Crippen LogP contribution in [0.5, 0.6) is 0 Å². The Hall–Kier alpha value is -0.650. The van der Waals surface area contributed by atoms with Crippen molar-refractivity contribution in [1.82, 2.24) is 4.90 Å². The quantitative estimate of drug-likeness (QED) is 0.905. The Morgan fingerprint density at radius 1 is 1.42 bits per heavy atom. The van der Waals surface area contributed by atoms with Gasteiger partial charge in [0.25, 0.3) is 0 Å². The van der Waals surface area contributed by atoms with Gasteiger partial charge in [-0.1, -0.05) is 6.07 Å². The molecule has 0 aromatic heterocycles. The molecule has 1 unspecified atom stereocenters. The molecule has 0 amide bonds. The summed E-state index contributed by atoms with van der Waals surface area (Å²) in [6, 6.07) is 4.06. The lowest BCUT2D eigenvalue weighted by molar-refractivity contribution is 0.337. The molecule has 0 aliphatic carbocycles. The monoisotopic (exact) mass is 329 g/mol. The van der Waals surface area contributed by atoms with Gasteiger partial charge in [-0.05, 0) is 54.5 Å². The van der Waals surface area contributed by atoms with E-state index in [2.05, 4.69) is 39.7 Å². The van der Waals surface area contributed by atoms with E-state index in [4.69, 9.17) is 5.73 Å². The van der Waals surface area contributed by atoms with Gasteiger partial charge >= 0.3 is 0 Å². The first kappa shape index (κ1) is 14.8. The van der Waals surface area contributed by atoms with Crippen LogP contribution in [-0.4, -0.2) is 37.6 Å². The number of benzene rings is 1. The van der Waals surface area contributed by atoms with Crippen LogP contribution in [0.15, 0.2) is 16.6 Å². The summed E-state index contributed by atoms with van der Waals surface area (Å²) in [5.41, 5.74) is 7.08. The van der Waals surface area contributed by atoms with Gasteiger partial charge < -0.3 is 15.5 Å². The van der Waals surface area contributed by atoms with Crippen LogP contribution in [-0.2, 0) is 6.54 Å². The van der Waals surface area contributed by atoms with Gasteiger partial charge in [-0.15, -0.1) is 0 Å². The van der Waals surface area contributed by atoms with E-state index in [9.17, 15) is 4.39 Å². The van der Waals surface area contributed by atoms with Crippen molar-refractivity contribution >= 4 is 21.6 Å². The van der Waals surface area contributed by atoms with E-state index in [1.54, 1.807) is 0 Å². The van der Waals surface area contributed by atoms with Crippen molar-refractivity contribution in [2.75, 3.05) is 31.6 Å². The minimum Gasteiger partial charge on any atom is -0.365 e. The van der Waals surface area contributed by atoms with Gasteiger partial charge in [0.15, 0.2) is 5.82 Å². The van der Waals surface area contributed by atoms with Crippen molar-refractivity contribution in [1.29, 1.82) is 0 Å². The number of nitrogens with zero attached hydrogens (tertiary/aromatic N) is 2. The highest BCUT2D eigenvalue weighted by Gasteiger charge is 2.23. The molecule has 2 rings (SSSR count). The first-order chi connectivity index (χ1) is 9.04. The Morgan fingerprint density at radius 3 is 2.84 bits per heavy atom. The number of hydrogen-bond acceptors (Lipinski definition) is 3. The molecular formula is C14H21BrFN3. The lowest BCUT2D eigenvalue weighted by Crippen LogP contribution is -2.38. The van der Waals surface area contributed by atoms with Gasteiger partial charge in [-0.3, -0.25) is 0 Å². The molecule has 5 heteroatoms. The van der Waals surface area contributed by atoms with Crippen molar-refractivity contribution in [2.45, 2.75) is 25.9 Å². The van der Waals surface area contributed by atoms with Gasteiger partial charge in [-0.2, -0.15) is 0 Å². The third kappa shape index (κ3) is 3.09. The van der Waals surface area contributed by atoms with Crippen LogP contribution < -0.4 is 10.6 Å². The summed E-state index contributed by atoms with van der Waals surface area (Å²) in [5.74, 6) is -0.195. The second-order valence-corrected chi connectivity index (χ2v) is 6.03. The summed E-state index contributed by atoms with van der Waals surface area (Å²) in [5, 5.41) is 0. The minimum atomic E-state index is -0.195. The number of rotatable bonds is 2. The Balaban J connectivity index is 2.33. The fourth-order valence-corrected chi connectivity index (χ4v) is 3.19. The van der Waals surface area contributed by atoms with Gasteiger partial charge in [0.2, 0.25) is 0 Å². The number of nitrogens with two attached hydrogens (primary N) is 1. The normalized spacial score (nSPS) is 21.5. The second kappa shape index (κ2) is 6.20. The summed E-state index contributed by atoms with van der Waals surface area (Å²) in [4.78, 5) is 4.45. The summed E-state index contributed by atoms with van der Waals surface area (Å²) in [6.07, 6.45) is 1.05. The molecular weight excluding hydrogens is 309 g/mol. The average Bonchev–Trinajstić information content (AvgIpc) is 2.54. The molecule has 19 heavy (non-hydrogen) atoms. The van der Waals surface area contributed by atoms with Crippen molar-refractivity contribution in [3.05, 3.63) is 28.0 Å². The number of hydrogen-bond donors (Lipinski definition) is 1. The lowest BCUT2D eigenvalue weighted by atomic mass is 10.1. The third-order valence-electron chi connectivity index (χ3n) is 3.72. The Kier molecular flexibility index (Phi) is 4.81. The fourth-order valence-electron chi connectivity index (χ4n) is 2.69. The van der Waals surface area contributed by atoms with E-state index in [-0.39, 0.29) is 5.82 Å². The molecule has 0 bridgehead atoms. The third-order valence-corrected chi connectivity index (χ3v) is 4.58. The largest absolute Gasteiger partial charge is 0.365 e. The van der Waals surface area contributed by atoms with Crippen LogP contribution >= 0.6 is 15.9 Å². The van der Waals surface area contributed by atoms with E-state index in [0.717, 1.165) is 31.6 Å². The number of likely N-dealkylation sites (N-methyl/N-ethyl adjacent to an activating group) is 1. The molecule has 1 aromatic carbocycles. The van der Waals surface area contributed by atoms with Crippen molar-refractivity contribution in [2.24, 2.45) is 5.73 Å². The summed E-state index contributed by atoms with van der Waals surface area (Å²) in [6.45, 7) is 5.39. The van der Waals surface area contributed by atoms with E-state index in [1.807, 2.05) is 12.1 Å². The molecule has 106 valence electrons. The molecule has 0 radical (unpaired) electrons. The van der Waals surface area contributed by atoms with Gasteiger partial charge in [-0.25, -0.2) is 4.39 Å². The number of halogens is 2.